The summed E-state index contributed by atoms with van der Waals surface area (Å²) < 4.78 is 0. The molecule has 2 amide bonds. The van der Waals surface area contributed by atoms with Gasteiger partial charge in [0.15, 0.2) is 0 Å². The lowest BCUT2D eigenvalue weighted by atomic mass is 10.1. The molecule has 2 aromatic rings. The molecular weight excluding hydrogens is 302 g/mol. The Morgan fingerprint density at radius 3 is 2.88 bits per heavy atom. The highest BCUT2D eigenvalue weighted by Gasteiger charge is 2.15. The van der Waals surface area contributed by atoms with E-state index in [4.69, 9.17) is 0 Å². The molecule has 1 aromatic heterocycles. The molecule has 1 saturated heterocycles. The number of aromatic nitrogens is 2. The van der Waals surface area contributed by atoms with Crippen molar-refractivity contribution >= 4 is 17.7 Å². The van der Waals surface area contributed by atoms with Crippen LogP contribution in [0.25, 0.3) is 0 Å². The predicted molar refractivity (Wildman–Crippen MR) is 95.2 cm³/mol. The first-order valence-corrected chi connectivity index (χ1v) is 8.45. The van der Waals surface area contributed by atoms with E-state index >= 15 is 0 Å². The van der Waals surface area contributed by atoms with Gasteiger partial charge in [-0.25, -0.2) is 14.8 Å². The van der Waals surface area contributed by atoms with Crippen LogP contribution >= 0.6 is 0 Å². The van der Waals surface area contributed by atoms with Gasteiger partial charge in [-0.15, -0.1) is 0 Å². The third-order valence-electron chi connectivity index (χ3n) is 4.11. The Hall–Kier alpha value is -2.63. The third-order valence-corrected chi connectivity index (χ3v) is 4.11. The summed E-state index contributed by atoms with van der Waals surface area (Å²) in [5.41, 5.74) is 2.80. The number of amides is 2. The van der Waals surface area contributed by atoms with Gasteiger partial charge in [0.1, 0.15) is 0 Å². The minimum absolute atomic E-state index is 0.232. The van der Waals surface area contributed by atoms with E-state index in [2.05, 4.69) is 32.4 Å². The number of carbonyl (C=O) groups is 1. The number of benzene rings is 1. The van der Waals surface area contributed by atoms with E-state index in [9.17, 15) is 4.79 Å². The number of hydrogen-bond donors (Lipinski definition) is 2. The second kappa shape index (κ2) is 7.77. The number of anilines is 2. The van der Waals surface area contributed by atoms with Crippen LogP contribution in [0.15, 0.2) is 36.5 Å². The fourth-order valence-corrected chi connectivity index (χ4v) is 2.77. The highest BCUT2D eigenvalue weighted by atomic mass is 16.2. The van der Waals surface area contributed by atoms with Crippen LogP contribution in [0, 0.1) is 0 Å². The Morgan fingerprint density at radius 1 is 1.25 bits per heavy atom. The van der Waals surface area contributed by atoms with E-state index in [-0.39, 0.29) is 6.03 Å². The van der Waals surface area contributed by atoms with Crippen molar-refractivity contribution in [1.29, 1.82) is 0 Å². The number of nitrogens with zero attached hydrogens (tertiary/aromatic N) is 3. The normalized spacial score (nSPS) is 13.8. The van der Waals surface area contributed by atoms with Gasteiger partial charge < -0.3 is 15.5 Å². The first kappa shape index (κ1) is 16.2. The van der Waals surface area contributed by atoms with Gasteiger partial charge in [0.2, 0.25) is 5.95 Å². The second-order valence-electron chi connectivity index (χ2n) is 5.90. The summed E-state index contributed by atoms with van der Waals surface area (Å²) in [6, 6.07) is 9.46. The van der Waals surface area contributed by atoms with Crippen molar-refractivity contribution in [2.24, 2.45) is 0 Å². The predicted octanol–water partition coefficient (Wildman–Crippen LogP) is 2.96. The van der Waals surface area contributed by atoms with E-state index in [0.717, 1.165) is 36.8 Å². The number of rotatable bonds is 5. The fourth-order valence-electron chi connectivity index (χ4n) is 2.77. The van der Waals surface area contributed by atoms with Crippen LogP contribution < -0.4 is 15.5 Å². The molecular formula is C18H23N5O. The van der Waals surface area contributed by atoms with Crippen molar-refractivity contribution < 1.29 is 4.79 Å². The average molecular weight is 325 g/mol. The molecule has 2 heterocycles. The summed E-state index contributed by atoms with van der Waals surface area (Å²) >= 11 is 0. The van der Waals surface area contributed by atoms with Crippen LogP contribution in [-0.4, -0.2) is 29.1 Å². The van der Waals surface area contributed by atoms with E-state index in [1.165, 1.54) is 18.4 Å². The molecule has 126 valence electrons. The van der Waals surface area contributed by atoms with Crippen LogP contribution in [0.4, 0.5) is 16.4 Å². The van der Waals surface area contributed by atoms with Crippen LogP contribution in [0.1, 0.15) is 31.0 Å². The average Bonchev–Trinajstić information content (AvgIpc) is 3.15. The maximum Gasteiger partial charge on any atom is 0.319 e. The van der Waals surface area contributed by atoms with Crippen LogP contribution in [0.5, 0.6) is 0 Å². The Morgan fingerprint density at radius 2 is 2.08 bits per heavy atom. The van der Waals surface area contributed by atoms with Gasteiger partial charge in [0.05, 0.1) is 12.2 Å². The summed E-state index contributed by atoms with van der Waals surface area (Å²) in [6.07, 6.45) is 5.06. The zero-order valence-corrected chi connectivity index (χ0v) is 14.0. The smallest absolute Gasteiger partial charge is 0.319 e. The standard InChI is InChI=1S/C18H23N5O/c1-2-14-6-5-7-15(12-14)22-18(24)20-13-16-8-9-19-17(21-16)23-10-3-4-11-23/h5-9,12H,2-4,10-11,13H2,1H3,(H2,20,22,24). The Balaban J connectivity index is 1.55. The lowest BCUT2D eigenvalue weighted by molar-refractivity contribution is 0.251. The molecule has 0 aliphatic carbocycles. The summed E-state index contributed by atoms with van der Waals surface area (Å²) in [5.74, 6) is 0.753. The minimum atomic E-state index is -0.232. The zero-order valence-electron chi connectivity index (χ0n) is 14.0. The van der Waals surface area contributed by atoms with Gasteiger partial charge in [-0.05, 0) is 43.0 Å². The SMILES string of the molecule is CCc1cccc(NC(=O)NCc2ccnc(N3CCCC3)n2)c1. The molecule has 24 heavy (non-hydrogen) atoms. The molecule has 0 bridgehead atoms. The van der Waals surface area contributed by atoms with E-state index < -0.39 is 0 Å². The van der Waals surface area contributed by atoms with E-state index in [0.29, 0.717) is 6.54 Å². The van der Waals surface area contributed by atoms with Crippen molar-refractivity contribution in [3.8, 4) is 0 Å². The quantitative estimate of drug-likeness (QED) is 0.887. The summed E-state index contributed by atoms with van der Waals surface area (Å²) in [6.45, 7) is 4.48. The van der Waals surface area contributed by atoms with E-state index in [1.54, 1.807) is 6.20 Å². The number of nitrogens with one attached hydrogen (secondary N) is 2. The van der Waals surface area contributed by atoms with Gasteiger partial charge >= 0.3 is 6.03 Å². The summed E-state index contributed by atoms with van der Waals surface area (Å²) in [7, 11) is 0. The maximum absolute atomic E-state index is 12.1. The molecule has 1 aliphatic rings. The molecule has 1 aliphatic heterocycles. The van der Waals surface area contributed by atoms with E-state index in [1.807, 2.05) is 30.3 Å². The third kappa shape index (κ3) is 4.22. The Labute approximate surface area is 142 Å². The number of carbonyl (C=O) groups excluding carboxylic acids is 1. The minimum Gasteiger partial charge on any atom is -0.341 e. The van der Waals surface area contributed by atoms with Crippen LogP contribution in [0.2, 0.25) is 0 Å². The van der Waals surface area contributed by atoms with Crippen LogP contribution in [0.3, 0.4) is 0 Å². The van der Waals surface area contributed by atoms with Crippen molar-refractivity contribution in [3.63, 3.8) is 0 Å². The molecule has 0 unspecified atom stereocenters. The first-order chi connectivity index (χ1) is 11.7. The van der Waals surface area contributed by atoms with Crippen LogP contribution in [-0.2, 0) is 13.0 Å². The number of hydrogen-bond acceptors (Lipinski definition) is 4. The molecule has 0 saturated carbocycles. The van der Waals surface area contributed by atoms with Gasteiger partial charge in [-0.2, -0.15) is 0 Å². The number of aryl methyl sites for hydroxylation is 1. The molecule has 0 spiro atoms. The topological polar surface area (TPSA) is 70.2 Å². The first-order valence-electron chi connectivity index (χ1n) is 8.45. The van der Waals surface area contributed by atoms with Gasteiger partial charge in [0, 0.05) is 25.0 Å². The number of urea groups is 1. The molecule has 1 aromatic carbocycles. The monoisotopic (exact) mass is 325 g/mol. The molecule has 6 nitrogen and oxygen atoms in total. The maximum atomic E-state index is 12.1. The molecule has 0 radical (unpaired) electrons. The lowest BCUT2D eigenvalue weighted by Gasteiger charge is -2.15. The fraction of sp³-hybridized carbons (Fsp3) is 0.389. The Bertz CT molecular complexity index is 697. The van der Waals surface area contributed by atoms with Crippen molar-refractivity contribution in [1.82, 2.24) is 15.3 Å². The molecule has 3 rings (SSSR count). The molecule has 6 heteroatoms. The molecule has 0 atom stereocenters. The van der Waals surface area contributed by atoms with Crippen molar-refractivity contribution in [3.05, 3.63) is 47.8 Å². The summed E-state index contributed by atoms with van der Waals surface area (Å²) in [4.78, 5) is 23.1. The highest BCUT2D eigenvalue weighted by molar-refractivity contribution is 5.89. The second-order valence-corrected chi connectivity index (χ2v) is 5.90. The molecule has 1 fully saturated rings. The largest absolute Gasteiger partial charge is 0.341 e. The lowest BCUT2D eigenvalue weighted by Crippen LogP contribution is -2.29. The van der Waals surface area contributed by atoms with Crippen molar-refractivity contribution in [2.45, 2.75) is 32.7 Å². The Kier molecular flexibility index (Phi) is 5.25. The van der Waals surface area contributed by atoms with Crippen molar-refractivity contribution in [2.75, 3.05) is 23.3 Å². The van der Waals surface area contributed by atoms with Gasteiger partial charge in [-0.3, -0.25) is 0 Å². The highest BCUT2D eigenvalue weighted by Crippen LogP contribution is 2.15. The summed E-state index contributed by atoms with van der Waals surface area (Å²) in [5, 5.41) is 5.70. The molecule has 2 N–H and O–H groups in total. The van der Waals surface area contributed by atoms with Gasteiger partial charge in [0.25, 0.3) is 0 Å². The zero-order chi connectivity index (χ0) is 16.8. The van der Waals surface area contributed by atoms with Gasteiger partial charge in [-0.1, -0.05) is 19.1 Å².